The minimum Gasteiger partial charge on any atom is -0.491 e. The van der Waals surface area contributed by atoms with Crippen LogP contribution in [0.1, 0.15) is 12.2 Å². The quantitative estimate of drug-likeness (QED) is 0.254. The molecule has 3 aliphatic rings. The Morgan fingerprint density at radius 3 is 2.64 bits per heavy atom. The van der Waals surface area contributed by atoms with Crippen molar-refractivity contribution in [2.75, 3.05) is 57.2 Å². The number of ether oxygens (including phenoxy) is 2. The molecule has 4 aromatic heterocycles. The molecule has 9 rings (SSSR count). The highest BCUT2D eigenvalue weighted by Gasteiger charge is 2.41. The molecule has 2 fully saturated rings. The summed E-state index contributed by atoms with van der Waals surface area (Å²) in [4.78, 5) is 36.7. The molecule has 14 nitrogen and oxygen atoms in total. The maximum absolute atomic E-state index is 15.6. The number of pyridine rings is 1. The zero-order chi connectivity index (χ0) is 38.0. The van der Waals surface area contributed by atoms with E-state index in [1.165, 1.54) is 29.3 Å². The zero-order valence-corrected chi connectivity index (χ0v) is 30.3. The Labute approximate surface area is 313 Å². The highest BCUT2D eigenvalue weighted by atomic mass is 19.1. The van der Waals surface area contributed by atoms with Crippen LogP contribution in [-0.2, 0) is 16.1 Å². The summed E-state index contributed by atoms with van der Waals surface area (Å²) in [6.45, 7) is 4.58. The number of nitrogens with one attached hydrogen (secondary N) is 2. The van der Waals surface area contributed by atoms with Crippen molar-refractivity contribution in [2.24, 2.45) is 5.92 Å². The molecule has 2 N–H and O–H groups in total. The number of imidazole rings is 1. The van der Waals surface area contributed by atoms with Gasteiger partial charge in [-0.1, -0.05) is 6.07 Å². The zero-order valence-electron chi connectivity index (χ0n) is 30.3. The fourth-order valence-corrected chi connectivity index (χ4v) is 7.87. The molecule has 0 spiro atoms. The van der Waals surface area contributed by atoms with E-state index in [4.69, 9.17) is 14.5 Å². The van der Waals surface area contributed by atoms with Gasteiger partial charge in [-0.25, -0.2) is 37.8 Å². The third-order valence-electron chi connectivity index (χ3n) is 10.7. The Balaban J connectivity index is 1.11. The van der Waals surface area contributed by atoms with Crippen LogP contribution < -0.4 is 20.3 Å². The molecule has 284 valence electrons. The van der Waals surface area contributed by atoms with Crippen molar-refractivity contribution in [1.29, 1.82) is 0 Å². The molecule has 0 radical (unpaired) electrons. The van der Waals surface area contributed by atoms with Gasteiger partial charge in [0, 0.05) is 76.1 Å². The molecular weight excluding hydrogens is 715 g/mol. The lowest BCUT2D eigenvalue weighted by atomic mass is 10.1. The lowest BCUT2D eigenvalue weighted by Gasteiger charge is -2.30. The van der Waals surface area contributed by atoms with Crippen molar-refractivity contribution in [3.63, 3.8) is 0 Å². The first-order valence-corrected chi connectivity index (χ1v) is 18.1. The van der Waals surface area contributed by atoms with Gasteiger partial charge in [0.15, 0.2) is 17.2 Å². The summed E-state index contributed by atoms with van der Waals surface area (Å²) in [5.41, 5.74) is 2.56. The van der Waals surface area contributed by atoms with Crippen LogP contribution in [0.4, 0.5) is 24.8 Å². The van der Waals surface area contributed by atoms with Crippen LogP contribution in [0.15, 0.2) is 55.0 Å². The SMILES string of the molecule is CO[C@@H]1CN(C)C(=O)[C@@H]2C[C@@H](CN2c2ncnc3c2cnn3-c2c(F)cc(F)cc2OCC2CNC2)Nc2cccc(n2)-c2cc(F)cc3nc(C)n(c23)C1. The number of nitrogens with zero attached hydrogens (tertiary/aromatic N) is 9. The van der Waals surface area contributed by atoms with Crippen LogP contribution in [0.25, 0.3) is 39.0 Å². The first kappa shape index (κ1) is 34.9. The maximum atomic E-state index is 15.6. The summed E-state index contributed by atoms with van der Waals surface area (Å²) in [6.07, 6.45) is 2.80. The van der Waals surface area contributed by atoms with E-state index < -0.39 is 29.6 Å². The molecule has 3 aliphatic heterocycles. The number of aromatic nitrogens is 7. The van der Waals surface area contributed by atoms with Crippen molar-refractivity contribution in [3.8, 4) is 22.7 Å². The monoisotopic (exact) mass is 753 g/mol. The lowest BCUT2D eigenvalue weighted by molar-refractivity contribution is -0.132. The average Bonchev–Trinajstić information content (AvgIpc) is 3.84. The molecule has 2 saturated heterocycles. The fourth-order valence-electron chi connectivity index (χ4n) is 7.87. The summed E-state index contributed by atoms with van der Waals surface area (Å²) < 4.78 is 60.2. The Bertz CT molecular complexity index is 2450. The predicted molar refractivity (Wildman–Crippen MR) is 198 cm³/mol. The van der Waals surface area contributed by atoms with Crippen LogP contribution in [0.2, 0.25) is 0 Å². The van der Waals surface area contributed by atoms with E-state index in [0.717, 1.165) is 30.7 Å². The van der Waals surface area contributed by atoms with Crippen molar-refractivity contribution >= 4 is 39.6 Å². The molecule has 1 amide bonds. The van der Waals surface area contributed by atoms with Gasteiger partial charge in [0.05, 0.1) is 47.6 Å². The van der Waals surface area contributed by atoms with Gasteiger partial charge in [-0.3, -0.25) is 4.79 Å². The highest BCUT2D eigenvalue weighted by Crippen LogP contribution is 2.36. The molecule has 7 heterocycles. The number of hydrogen-bond acceptors (Lipinski definition) is 11. The Kier molecular flexibility index (Phi) is 8.76. The number of halogens is 3. The van der Waals surface area contributed by atoms with Gasteiger partial charge in [-0.05, 0) is 31.5 Å². The largest absolute Gasteiger partial charge is 0.491 e. The number of fused-ring (bicyclic) bond motifs is 6. The average molecular weight is 754 g/mol. The number of amides is 1. The smallest absolute Gasteiger partial charge is 0.245 e. The van der Waals surface area contributed by atoms with Crippen LogP contribution in [-0.4, -0.2) is 110 Å². The van der Waals surface area contributed by atoms with Crippen LogP contribution in [0.3, 0.4) is 0 Å². The molecule has 6 aromatic rings. The molecule has 0 aliphatic carbocycles. The van der Waals surface area contributed by atoms with Gasteiger partial charge in [0.2, 0.25) is 5.91 Å². The predicted octanol–water partition coefficient (Wildman–Crippen LogP) is 4.10. The van der Waals surface area contributed by atoms with Gasteiger partial charge < -0.3 is 34.5 Å². The van der Waals surface area contributed by atoms with E-state index in [9.17, 15) is 9.18 Å². The van der Waals surface area contributed by atoms with Crippen molar-refractivity contribution in [3.05, 3.63) is 78.3 Å². The molecule has 0 saturated carbocycles. The van der Waals surface area contributed by atoms with Crippen LogP contribution >= 0.6 is 0 Å². The Morgan fingerprint density at radius 2 is 1.84 bits per heavy atom. The molecule has 0 unspecified atom stereocenters. The number of methoxy groups -OCH3 is 1. The van der Waals surface area contributed by atoms with Gasteiger partial charge in [-0.2, -0.15) is 5.10 Å². The number of likely N-dealkylation sites (N-methyl/N-ethyl adjacent to an activating group) is 1. The second-order valence-corrected chi connectivity index (χ2v) is 14.4. The van der Waals surface area contributed by atoms with E-state index in [1.54, 1.807) is 19.1 Å². The minimum atomic E-state index is -0.861. The number of aryl methyl sites for hydroxylation is 1. The van der Waals surface area contributed by atoms with Gasteiger partial charge in [0.1, 0.15) is 47.2 Å². The van der Waals surface area contributed by atoms with Crippen molar-refractivity contribution in [1.82, 2.24) is 44.5 Å². The van der Waals surface area contributed by atoms with Gasteiger partial charge >= 0.3 is 0 Å². The number of anilines is 2. The molecule has 2 aromatic carbocycles. The number of hydrogen-bond donors (Lipinski definition) is 2. The van der Waals surface area contributed by atoms with Crippen molar-refractivity contribution in [2.45, 2.75) is 38.1 Å². The lowest BCUT2D eigenvalue weighted by Crippen LogP contribution is -2.47. The maximum Gasteiger partial charge on any atom is 0.245 e. The van der Waals surface area contributed by atoms with Gasteiger partial charge in [0.25, 0.3) is 0 Å². The summed E-state index contributed by atoms with van der Waals surface area (Å²) in [5, 5.41) is 11.6. The first-order valence-electron chi connectivity index (χ1n) is 18.1. The van der Waals surface area contributed by atoms with Crippen molar-refractivity contribution < 1.29 is 27.4 Å². The summed E-state index contributed by atoms with van der Waals surface area (Å²) >= 11 is 0. The Hall–Kier alpha value is -5.81. The first-order chi connectivity index (χ1) is 26.6. The molecule has 4 bridgehead atoms. The van der Waals surface area contributed by atoms with E-state index in [0.29, 0.717) is 59.1 Å². The third-order valence-corrected chi connectivity index (χ3v) is 10.7. The fraction of sp³-hybridized carbons (Fsp3) is 0.368. The summed E-state index contributed by atoms with van der Waals surface area (Å²) in [7, 11) is 3.33. The molecule has 3 atom stereocenters. The summed E-state index contributed by atoms with van der Waals surface area (Å²) in [5.74, 6) is -0.367. The second kappa shape index (κ2) is 13.8. The van der Waals surface area contributed by atoms with E-state index >= 15 is 8.78 Å². The second-order valence-electron chi connectivity index (χ2n) is 14.4. The van der Waals surface area contributed by atoms with Crippen LogP contribution in [0, 0.1) is 30.3 Å². The topological polar surface area (TPSA) is 140 Å². The molecule has 17 heteroatoms. The Morgan fingerprint density at radius 1 is 1.00 bits per heavy atom. The van der Waals surface area contributed by atoms with E-state index in [-0.39, 0.29) is 48.1 Å². The summed E-state index contributed by atoms with van der Waals surface area (Å²) in [6, 6.07) is 9.37. The number of carbonyl (C=O) groups excluding carboxylic acids is 1. The number of benzene rings is 2. The molecule has 55 heavy (non-hydrogen) atoms. The normalized spacial score (nSPS) is 20.4. The van der Waals surface area contributed by atoms with E-state index in [2.05, 4.69) is 30.7 Å². The third kappa shape index (κ3) is 6.26. The molecular formula is C38H38F3N11O3. The van der Waals surface area contributed by atoms with E-state index in [1.807, 2.05) is 34.6 Å². The number of carbonyl (C=O) groups is 1. The minimum absolute atomic E-state index is 0.00208. The standard InChI is InChI=1S/C38H38F3N11O3/c1-20-46-30-9-22(39)7-26-29-5-4-6-33(48-29)47-24-11-31(38(53)49(2)16-25(54-3)17-50(20)34(26)30)51(15-24)36-27-14-45-52(37(27)44-19-43-36)35-28(41)8-23(40)10-32(35)55-18-21-12-42-13-21/h4-10,14,19,21,24-25,31,42H,11-13,15-18H2,1-3H3,(H,47,48)/t24-,25+,31-/m0/s1. The van der Waals surface area contributed by atoms with Gasteiger partial charge in [-0.15, -0.1) is 0 Å². The highest BCUT2D eigenvalue weighted by molar-refractivity contribution is 5.94. The number of rotatable bonds is 6. The van der Waals surface area contributed by atoms with Crippen LogP contribution in [0.5, 0.6) is 5.75 Å².